The SMILES string of the molecule is CC1(C)c2ccccc2-c2cc(-c3cccc(-c4cccc5c4[nH]c4ccc6ccccc6c45)c3)ccc21. The highest BCUT2D eigenvalue weighted by Crippen LogP contribution is 2.49. The number of nitrogens with one attached hydrogen (secondary N) is 1. The maximum atomic E-state index is 3.75. The van der Waals surface area contributed by atoms with Crippen LogP contribution < -0.4 is 0 Å². The molecular weight excluding hydrogens is 458 g/mol. The summed E-state index contributed by atoms with van der Waals surface area (Å²) in [5.74, 6) is 0. The molecule has 0 radical (unpaired) electrons. The van der Waals surface area contributed by atoms with Crippen LogP contribution in [0.25, 0.3) is 66.0 Å². The lowest BCUT2D eigenvalue weighted by molar-refractivity contribution is 0.660. The van der Waals surface area contributed by atoms with Gasteiger partial charge in [0.25, 0.3) is 0 Å². The van der Waals surface area contributed by atoms with Crippen molar-refractivity contribution in [1.82, 2.24) is 4.98 Å². The quantitative estimate of drug-likeness (QED) is 0.251. The highest BCUT2D eigenvalue weighted by Gasteiger charge is 2.35. The molecule has 0 bridgehead atoms. The predicted molar refractivity (Wildman–Crippen MR) is 162 cm³/mol. The van der Waals surface area contributed by atoms with Crippen LogP contribution in [0.4, 0.5) is 0 Å². The fourth-order valence-electron chi connectivity index (χ4n) is 6.70. The van der Waals surface area contributed by atoms with Crippen molar-refractivity contribution >= 4 is 32.6 Å². The Morgan fingerprint density at radius 3 is 2.16 bits per heavy atom. The largest absolute Gasteiger partial charge is 0.354 e. The number of benzene rings is 6. The summed E-state index contributed by atoms with van der Waals surface area (Å²) in [4.78, 5) is 3.75. The standard InChI is InChI=1S/C37H27N/c1-37(2)32-16-6-5-13-29(32)31-22-25(17-19-33(31)37)24-10-7-11-26(21-24)28-14-8-15-30-35-27-12-4-3-9-23(27)18-20-34(35)38-36(28)30/h3-22,38H,1-2H3. The number of rotatable bonds is 2. The van der Waals surface area contributed by atoms with Crippen molar-refractivity contribution in [2.24, 2.45) is 0 Å². The van der Waals surface area contributed by atoms with E-state index < -0.39 is 0 Å². The molecule has 0 amide bonds. The molecule has 180 valence electrons. The average Bonchev–Trinajstić information content (AvgIpc) is 3.46. The summed E-state index contributed by atoms with van der Waals surface area (Å²) in [6.45, 7) is 4.67. The zero-order valence-corrected chi connectivity index (χ0v) is 21.5. The first kappa shape index (κ1) is 21.5. The molecule has 1 heterocycles. The Balaban J connectivity index is 1.29. The molecule has 0 spiro atoms. The molecule has 7 aromatic rings. The molecule has 0 aliphatic heterocycles. The lowest BCUT2D eigenvalue weighted by atomic mass is 9.82. The maximum absolute atomic E-state index is 3.75. The van der Waals surface area contributed by atoms with E-state index in [-0.39, 0.29) is 5.41 Å². The van der Waals surface area contributed by atoms with Crippen molar-refractivity contribution in [3.8, 4) is 33.4 Å². The van der Waals surface area contributed by atoms with Crippen LogP contribution in [0.3, 0.4) is 0 Å². The van der Waals surface area contributed by atoms with Crippen molar-refractivity contribution < 1.29 is 0 Å². The van der Waals surface area contributed by atoms with Crippen LogP contribution in [0.5, 0.6) is 0 Å². The number of aromatic nitrogens is 1. The average molecular weight is 486 g/mol. The Morgan fingerprint density at radius 1 is 0.500 bits per heavy atom. The monoisotopic (exact) mass is 485 g/mol. The van der Waals surface area contributed by atoms with Gasteiger partial charge >= 0.3 is 0 Å². The van der Waals surface area contributed by atoms with Gasteiger partial charge in [-0.1, -0.05) is 117 Å². The second-order valence-electron chi connectivity index (χ2n) is 11.1. The van der Waals surface area contributed by atoms with Crippen LogP contribution in [-0.4, -0.2) is 4.98 Å². The summed E-state index contributed by atoms with van der Waals surface area (Å²) in [5, 5.41) is 5.14. The Labute approximate surface area is 222 Å². The first-order valence-corrected chi connectivity index (χ1v) is 13.4. The summed E-state index contributed by atoms with van der Waals surface area (Å²) < 4.78 is 0. The third-order valence-electron chi connectivity index (χ3n) is 8.61. The smallest absolute Gasteiger partial charge is 0.0544 e. The summed E-state index contributed by atoms with van der Waals surface area (Å²) in [6.07, 6.45) is 0. The van der Waals surface area contributed by atoms with E-state index in [1.165, 1.54) is 77.1 Å². The van der Waals surface area contributed by atoms with E-state index in [2.05, 4.69) is 140 Å². The third kappa shape index (κ3) is 2.93. The molecule has 0 fully saturated rings. The number of hydrogen-bond acceptors (Lipinski definition) is 0. The molecule has 8 rings (SSSR count). The van der Waals surface area contributed by atoms with Gasteiger partial charge in [0.05, 0.1) is 5.52 Å². The Bertz CT molecular complexity index is 2050. The molecule has 6 aromatic carbocycles. The number of hydrogen-bond donors (Lipinski definition) is 1. The minimum absolute atomic E-state index is 0.0295. The molecule has 0 atom stereocenters. The minimum Gasteiger partial charge on any atom is -0.354 e. The first-order valence-electron chi connectivity index (χ1n) is 13.4. The van der Waals surface area contributed by atoms with Crippen molar-refractivity contribution in [1.29, 1.82) is 0 Å². The second kappa shape index (κ2) is 7.69. The van der Waals surface area contributed by atoms with Crippen LogP contribution in [0.1, 0.15) is 25.0 Å². The van der Waals surface area contributed by atoms with Gasteiger partial charge in [0.15, 0.2) is 0 Å². The van der Waals surface area contributed by atoms with Crippen LogP contribution >= 0.6 is 0 Å². The van der Waals surface area contributed by atoms with Crippen LogP contribution in [0.2, 0.25) is 0 Å². The fourth-order valence-corrected chi connectivity index (χ4v) is 6.70. The van der Waals surface area contributed by atoms with Gasteiger partial charge in [0, 0.05) is 27.3 Å². The van der Waals surface area contributed by atoms with Crippen LogP contribution in [0, 0.1) is 0 Å². The van der Waals surface area contributed by atoms with Gasteiger partial charge in [0.2, 0.25) is 0 Å². The first-order chi connectivity index (χ1) is 18.6. The molecule has 0 unspecified atom stereocenters. The van der Waals surface area contributed by atoms with E-state index in [9.17, 15) is 0 Å². The van der Waals surface area contributed by atoms with Gasteiger partial charge in [-0.25, -0.2) is 0 Å². The summed E-state index contributed by atoms with van der Waals surface area (Å²) in [5.41, 5.74) is 12.9. The zero-order valence-electron chi connectivity index (χ0n) is 21.5. The number of fused-ring (bicyclic) bond motifs is 8. The van der Waals surface area contributed by atoms with Crippen molar-refractivity contribution in [2.45, 2.75) is 19.3 Å². The van der Waals surface area contributed by atoms with Gasteiger partial charge in [-0.3, -0.25) is 0 Å². The van der Waals surface area contributed by atoms with E-state index in [1.54, 1.807) is 0 Å². The Morgan fingerprint density at radius 2 is 1.21 bits per heavy atom. The lowest BCUT2D eigenvalue weighted by Gasteiger charge is -2.21. The Kier molecular flexibility index (Phi) is 4.35. The predicted octanol–water partition coefficient (Wildman–Crippen LogP) is 10.1. The lowest BCUT2D eigenvalue weighted by Crippen LogP contribution is -2.14. The number of para-hydroxylation sites is 1. The van der Waals surface area contributed by atoms with E-state index >= 15 is 0 Å². The molecule has 1 heteroatoms. The van der Waals surface area contributed by atoms with Crippen LogP contribution in [0.15, 0.2) is 121 Å². The van der Waals surface area contributed by atoms with Gasteiger partial charge in [-0.15, -0.1) is 0 Å². The summed E-state index contributed by atoms with van der Waals surface area (Å²) >= 11 is 0. The molecule has 1 aliphatic carbocycles. The molecule has 0 saturated heterocycles. The summed E-state index contributed by atoms with van der Waals surface area (Å²) in [7, 11) is 0. The van der Waals surface area contributed by atoms with Crippen molar-refractivity contribution in [3.63, 3.8) is 0 Å². The minimum atomic E-state index is 0.0295. The van der Waals surface area contributed by atoms with Crippen molar-refractivity contribution in [2.75, 3.05) is 0 Å². The van der Waals surface area contributed by atoms with E-state index in [1.807, 2.05) is 0 Å². The summed E-state index contributed by atoms with van der Waals surface area (Å²) in [6, 6.07) is 44.6. The molecule has 1 nitrogen and oxygen atoms in total. The van der Waals surface area contributed by atoms with E-state index in [0.717, 1.165) is 0 Å². The van der Waals surface area contributed by atoms with Gasteiger partial charge in [-0.05, 0) is 67.9 Å². The topological polar surface area (TPSA) is 15.8 Å². The normalized spacial score (nSPS) is 13.7. The molecule has 1 aromatic heterocycles. The fraction of sp³-hybridized carbons (Fsp3) is 0.0811. The van der Waals surface area contributed by atoms with Crippen molar-refractivity contribution in [3.05, 3.63) is 132 Å². The van der Waals surface area contributed by atoms with Gasteiger partial charge in [0.1, 0.15) is 0 Å². The van der Waals surface area contributed by atoms with E-state index in [0.29, 0.717) is 0 Å². The maximum Gasteiger partial charge on any atom is 0.0544 e. The molecule has 38 heavy (non-hydrogen) atoms. The molecule has 1 N–H and O–H groups in total. The molecule has 0 saturated carbocycles. The zero-order chi connectivity index (χ0) is 25.4. The van der Waals surface area contributed by atoms with Gasteiger partial charge < -0.3 is 4.98 Å². The van der Waals surface area contributed by atoms with Crippen LogP contribution in [-0.2, 0) is 5.41 Å². The highest BCUT2D eigenvalue weighted by molar-refractivity contribution is 6.22. The Hall–Kier alpha value is -4.62. The molecular formula is C37H27N. The number of aromatic amines is 1. The highest BCUT2D eigenvalue weighted by atomic mass is 14.7. The second-order valence-corrected chi connectivity index (χ2v) is 11.1. The molecule has 1 aliphatic rings. The number of H-pyrrole nitrogens is 1. The van der Waals surface area contributed by atoms with Gasteiger partial charge in [-0.2, -0.15) is 0 Å². The third-order valence-corrected chi connectivity index (χ3v) is 8.61. The van der Waals surface area contributed by atoms with E-state index in [4.69, 9.17) is 0 Å².